The molecule has 0 aliphatic carbocycles. The summed E-state index contributed by atoms with van der Waals surface area (Å²) in [7, 11) is 0. The molecule has 0 bridgehead atoms. The predicted octanol–water partition coefficient (Wildman–Crippen LogP) is 5.00. The van der Waals surface area contributed by atoms with E-state index in [1.807, 2.05) is 19.1 Å². The minimum atomic E-state index is -0.141. The molecular formula is C23H24ClN3OS. The number of aryl methyl sites for hydroxylation is 2. The number of piperazine rings is 1. The number of thioether (sulfide) groups is 1. The number of aliphatic imine (C=N–C) groups is 1. The maximum atomic E-state index is 12.4. The van der Waals surface area contributed by atoms with Crippen LogP contribution in [-0.2, 0) is 11.2 Å². The van der Waals surface area contributed by atoms with Crippen molar-refractivity contribution >= 4 is 46.2 Å². The summed E-state index contributed by atoms with van der Waals surface area (Å²) in [5.41, 5.74) is 4.57. The van der Waals surface area contributed by atoms with Crippen LogP contribution >= 0.6 is 23.4 Å². The third-order valence-corrected chi connectivity index (χ3v) is 6.82. The zero-order chi connectivity index (χ0) is 20.4. The Labute approximate surface area is 181 Å². The molecule has 150 valence electrons. The number of anilines is 1. The molecule has 0 radical (unpaired) electrons. The first-order valence-corrected chi connectivity index (χ1v) is 11.1. The van der Waals surface area contributed by atoms with Crippen molar-refractivity contribution in [3.05, 3.63) is 69.1 Å². The highest BCUT2D eigenvalue weighted by molar-refractivity contribution is 8.18. The Hall–Kier alpha value is -2.24. The fourth-order valence-electron chi connectivity index (χ4n) is 3.47. The molecule has 4 rings (SSSR count). The Balaban J connectivity index is 1.39. The van der Waals surface area contributed by atoms with Crippen molar-refractivity contribution in [1.29, 1.82) is 0 Å². The minimum Gasteiger partial charge on any atom is -0.368 e. The topological polar surface area (TPSA) is 35.9 Å². The van der Waals surface area contributed by atoms with E-state index in [0.717, 1.165) is 59.6 Å². The van der Waals surface area contributed by atoms with Crippen molar-refractivity contribution in [2.45, 2.75) is 20.3 Å². The number of carbonyl (C=O) groups excluding carboxylic acids is 1. The van der Waals surface area contributed by atoms with Crippen molar-refractivity contribution in [2.75, 3.05) is 31.1 Å². The maximum Gasteiger partial charge on any atom is 0.286 e. The highest BCUT2D eigenvalue weighted by Gasteiger charge is 2.28. The fraction of sp³-hybridized carbons (Fsp3) is 0.304. The van der Waals surface area contributed by atoms with E-state index < -0.39 is 0 Å². The molecule has 1 amide bonds. The largest absolute Gasteiger partial charge is 0.368 e. The zero-order valence-corrected chi connectivity index (χ0v) is 18.3. The number of halogens is 1. The number of benzene rings is 2. The van der Waals surface area contributed by atoms with Crippen molar-refractivity contribution in [2.24, 2.45) is 4.99 Å². The van der Waals surface area contributed by atoms with Gasteiger partial charge in [0.05, 0.1) is 4.91 Å². The summed E-state index contributed by atoms with van der Waals surface area (Å²) >= 11 is 7.76. The van der Waals surface area contributed by atoms with Gasteiger partial charge < -0.3 is 9.80 Å². The molecule has 0 spiro atoms. The van der Waals surface area contributed by atoms with E-state index in [4.69, 9.17) is 11.6 Å². The van der Waals surface area contributed by atoms with Crippen LogP contribution < -0.4 is 4.90 Å². The number of nitrogens with zero attached hydrogens (tertiary/aromatic N) is 3. The van der Waals surface area contributed by atoms with E-state index in [1.165, 1.54) is 17.3 Å². The van der Waals surface area contributed by atoms with Gasteiger partial charge in [-0.15, -0.1) is 0 Å². The van der Waals surface area contributed by atoms with Crippen LogP contribution in [-0.4, -0.2) is 42.2 Å². The standard InChI is InChI=1S/C23H24ClN3OS/c1-3-17-5-7-18(8-6-17)14-21-22(28)25-23(29-21)27-12-10-26(11-13-27)19-9-4-16(2)20(24)15-19/h4-9,14-15H,3,10-13H2,1-2H3. The van der Waals surface area contributed by atoms with Crippen LogP contribution in [0.25, 0.3) is 6.08 Å². The van der Waals surface area contributed by atoms with Gasteiger partial charge in [-0.25, -0.2) is 0 Å². The molecule has 0 saturated carbocycles. The van der Waals surface area contributed by atoms with E-state index in [-0.39, 0.29) is 5.91 Å². The Kier molecular flexibility index (Phi) is 5.97. The highest BCUT2D eigenvalue weighted by Crippen LogP contribution is 2.31. The van der Waals surface area contributed by atoms with Gasteiger partial charge in [0.25, 0.3) is 5.91 Å². The molecule has 1 fully saturated rings. The van der Waals surface area contributed by atoms with Crippen molar-refractivity contribution in [1.82, 2.24) is 4.90 Å². The zero-order valence-electron chi connectivity index (χ0n) is 16.7. The summed E-state index contributed by atoms with van der Waals surface area (Å²) in [5.74, 6) is -0.141. The lowest BCUT2D eigenvalue weighted by Crippen LogP contribution is -2.47. The normalized spacial score (nSPS) is 18.5. The van der Waals surface area contributed by atoms with Gasteiger partial charge in [-0.1, -0.05) is 48.9 Å². The first kappa shape index (κ1) is 20.0. The monoisotopic (exact) mass is 425 g/mol. The van der Waals surface area contributed by atoms with Gasteiger partial charge in [0.1, 0.15) is 0 Å². The van der Waals surface area contributed by atoms with Crippen LogP contribution in [0.4, 0.5) is 5.69 Å². The number of amidine groups is 1. The minimum absolute atomic E-state index is 0.141. The molecule has 1 saturated heterocycles. The first-order chi connectivity index (χ1) is 14.0. The molecule has 2 aromatic rings. The predicted molar refractivity (Wildman–Crippen MR) is 124 cm³/mol. The third kappa shape index (κ3) is 4.51. The lowest BCUT2D eigenvalue weighted by atomic mass is 10.1. The maximum absolute atomic E-state index is 12.4. The molecule has 0 atom stereocenters. The molecular weight excluding hydrogens is 402 g/mol. The number of carbonyl (C=O) groups is 1. The van der Waals surface area contributed by atoms with Gasteiger partial charge >= 0.3 is 0 Å². The summed E-state index contributed by atoms with van der Waals surface area (Å²) in [4.78, 5) is 21.9. The van der Waals surface area contributed by atoms with E-state index in [0.29, 0.717) is 4.91 Å². The first-order valence-electron chi connectivity index (χ1n) is 9.91. The van der Waals surface area contributed by atoms with Gasteiger partial charge in [0.15, 0.2) is 5.17 Å². The quantitative estimate of drug-likeness (QED) is 0.648. The lowest BCUT2D eigenvalue weighted by molar-refractivity contribution is -0.113. The summed E-state index contributed by atoms with van der Waals surface area (Å²) in [6.07, 6.45) is 2.95. The summed E-state index contributed by atoms with van der Waals surface area (Å²) in [5, 5.41) is 1.61. The average molecular weight is 426 g/mol. The Bertz CT molecular complexity index is 976. The van der Waals surface area contributed by atoms with E-state index in [2.05, 4.69) is 58.1 Å². The number of hydrogen-bond acceptors (Lipinski definition) is 4. The van der Waals surface area contributed by atoms with Crippen molar-refractivity contribution < 1.29 is 4.79 Å². The molecule has 0 N–H and O–H groups in total. The van der Waals surface area contributed by atoms with Crippen LogP contribution in [0.3, 0.4) is 0 Å². The summed E-state index contributed by atoms with van der Waals surface area (Å²) < 4.78 is 0. The van der Waals surface area contributed by atoms with Gasteiger partial charge in [0.2, 0.25) is 0 Å². The van der Waals surface area contributed by atoms with E-state index in [1.54, 1.807) is 0 Å². The molecule has 2 heterocycles. The van der Waals surface area contributed by atoms with Gasteiger partial charge in [-0.2, -0.15) is 4.99 Å². The fourth-order valence-corrected chi connectivity index (χ4v) is 4.61. The SMILES string of the molecule is CCc1ccc(C=C2SC(N3CCN(c4ccc(C)c(Cl)c4)CC3)=NC2=O)cc1. The van der Waals surface area contributed by atoms with Crippen molar-refractivity contribution in [3.63, 3.8) is 0 Å². The number of amides is 1. The molecule has 0 unspecified atom stereocenters. The van der Waals surface area contributed by atoms with Crippen LogP contribution in [0, 0.1) is 6.92 Å². The molecule has 29 heavy (non-hydrogen) atoms. The molecule has 2 aliphatic rings. The van der Waals surface area contributed by atoms with Crippen LogP contribution in [0.15, 0.2) is 52.4 Å². The Morgan fingerprint density at radius 2 is 1.76 bits per heavy atom. The second kappa shape index (κ2) is 8.64. The molecule has 2 aromatic carbocycles. The van der Waals surface area contributed by atoms with Gasteiger partial charge in [-0.3, -0.25) is 4.79 Å². The molecule has 6 heteroatoms. The van der Waals surface area contributed by atoms with Crippen LogP contribution in [0.5, 0.6) is 0 Å². The molecule has 4 nitrogen and oxygen atoms in total. The second-order valence-corrected chi connectivity index (χ2v) is 8.73. The Morgan fingerprint density at radius 3 is 2.41 bits per heavy atom. The van der Waals surface area contributed by atoms with Crippen LogP contribution in [0.1, 0.15) is 23.6 Å². The third-order valence-electron chi connectivity index (χ3n) is 5.37. The van der Waals surface area contributed by atoms with Gasteiger partial charge in [-0.05, 0) is 60.0 Å². The van der Waals surface area contributed by atoms with Crippen molar-refractivity contribution in [3.8, 4) is 0 Å². The second-order valence-electron chi connectivity index (χ2n) is 7.31. The summed E-state index contributed by atoms with van der Waals surface area (Å²) in [6.45, 7) is 7.58. The van der Waals surface area contributed by atoms with Crippen LogP contribution in [0.2, 0.25) is 5.02 Å². The molecule has 0 aromatic heterocycles. The number of rotatable bonds is 3. The average Bonchev–Trinajstić information content (AvgIpc) is 3.11. The summed E-state index contributed by atoms with van der Waals surface area (Å²) in [6, 6.07) is 14.5. The number of hydrogen-bond donors (Lipinski definition) is 0. The smallest absolute Gasteiger partial charge is 0.286 e. The molecule has 2 aliphatic heterocycles. The van der Waals surface area contributed by atoms with Gasteiger partial charge in [0, 0.05) is 36.9 Å². The lowest BCUT2D eigenvalue weighted by Gasteiger charge is -2.36. The van der Waals surface area contributed by atoms with E-state index in [9.17, 15) is 4.79 Å². The highest BCUT2D eigenvalue weighted by atomic mass is 35.5. The Morgan fingerprint density at radius 1 is 1.07 bits per heavy atom. The van der Waals surface area contributed by atoms with E-state index >= 15 is 0 Å².